The van der Waals surface area contributed by atoms with Gasteiger partial charge in [0.2, 0.25) is 0 Å². The molecule has 84 valence electrons. The molecule has 0 atom stereocenters. The smallest absolute Gasteiger partial charge is 0.404 e. The van der Waals surface area contributed by atoms with Crippen LogP contribution in [0.25, 0.3) is 0 Å². The molecular weight excluding hydrogens is 196 g/mol. The summed E-state index contributed by atoms with van der Waals surface area (Å²) in [4.78, 5) is 14.4. The van der Waals surface area contributed by atoms with Crippen LogP contribution in [0.3, 0.4) is 0 Å². The summed E-state index contributed by atoms with van der Waals surface area (Å²) in [5, 5.41) is 3.12. The van der Waals surface area contributed by atoms with Crippen molar-refractivity contribution in [2.24, 2.45) is 12.8 Å². The standard InChI is InChI=1S/C9H16N4O2/c1-13-6-4-12-8(13)2-3-11-5-7-15-9(10)14/h4,6,11H,2-3,5,7H2,1H3,(H2,10,14). The molecular formula is C9H16N4O2. The molecule has 0 aliphatic carbocycles. The van der Waals surface area contributed by atoms with Crippen LogP contribution < -0.4 is 11.1 Å². The van der Waals surface area contributed by atoms with Crippen LogP contribution in [-0.4, -0.2) is 35.3 Å². The zero-order valence-electron chi connectivity index (χ0n) is 8.77. The lowest BCUT2D eigenvalue weighted by Crippen LogP contribution is -2.25. The van der Waals surface area contributed by atoms with Crippen LogP contribution in [0.5, 0.6) is 0 Å². The molecule has 0 aliphatic rings. The molecule has 0 saturated heterocycles. The fourth-order valence-electron chi connectivity index (χ4n) is 1.19. The van der Waals surface area contributed by atoms with E-state index in [-0.39, 0.29) is 0 Å². The highest BCUT2D eigenvalue weighted by Gasteiger charge is 1.98. The van der Waals surface area contributed by atoms with E-state index in [4.69, 9.17) is 5.73 Å². The zero-order chi connectivity index (χ0) is 11.1. The van der Waals surface area contributed by atoms with Crippen LogP contribution in [-0.2, 0) is 18.2 Å². The van der Waals surface area contributed by atoms with Gasteiger partial charge in [-0.15, -0.1) is 0 Å². The number of primary amides is 1. The minimum absolute atomic E-state index is 0.301. The summed E-state index contributed by atoms with van der Waals surface area (Å²) in [6, 6.07) is 0. The van der Waals surface area contributed by atoms with Gasteiger partial charge in [0, 0.05) is 39.0 Å². The number of nitrogens with one attached hydrogen (secondary N) is 1. The monoisotopic (exact) mass is 212 g/mol. The fraction of sp³-hybridized carbons (Fsp3) is 0.556. The minimum Gasteiger partial charge on any atom is -0.448 e. The third kappa shape index (κ3) is 4.46. The summed E-state index contributed by atoms with van der Waals surface area (Å²) < 4.78 is 6.53. The van der Waals surface area contributed by atoms with E-state index in [0.29, 0.717) is 13.2 Å². The van der Waals surface area contributed by atoms with Crippen molar-refractivity contribution in [1.82, 2.24) is 14.9 Å². The van der Waals surface area contributed by atoms with E-state index in [9.17, 15) is 4.79 Å². The van der Waals surface area contributed by atoms with E-state index in [0.717, 1.165) is 18.8 Å². The molecule has 0 bridgehead atoms. The number of carbonyl (C=O) groups excluding carboxylic acids is 1. The van der Waals surface area contributed by atoms with E-state index < -0.39 is 6.09 Å². The average Bonchev–Trinajstić information content (AvgIpc) is 2.57. The summed E-state index contributed by atoms with van der Waals surface area (Å²) in [6.45, 7) is 1.70. The van der Waals surface area contributed by atoms with Gasteiger partial charge >= 0.3 is 6.09 Å². The maximum atomic E-state index is 10.2. The van der Waals surface area contributed by atoms with Crippen molar-refractivity contribution in [3.05, 3.63) is 18.2 Å². The lowest BCUT2D eigenvalue weighted by atomic mass is 10.4. The van der Waals surface area contributed by atoms with Gasteiger partial charge in [-0.05, 0) is 0 Å². The number of aromatic nitrogens is 2. The normalized spacial score (nSPS) is 10.2. The van der Waals surface area contributed by atoms with Crippen LogP contribution in [0.1, 0.15) is 5.82 Å². The Balaban J connectivity index is 2.03. The number of rotatable bonds is 6. The molecule has 0 aliphatic heterocycles. The topological polar surface area (TPSA) is 82.2 Å². The summed E-state index contributed by atoms with van der Waals surface area (Å²) in [5.41, 5.74) is 4.80. The number of aryl methyl sites for hydroxylation is 1. The molecule has 3 N–H and O–H groups in total. The van der Waals surface area contributed by atoms with Crippen molar-refractivity contribution in [3.8, 4) is 0 Å². The van der Waals surface area contributed by atoms with Crippen molar-refractivity contribution in [2.75, 3.05) is 19.7 Å². The number of nitrogens with two attached hydrogens (primary N) is 1. The first-order chi connectivity index (χ1) is 7.20. The number of carbonyl (C=O) groups is 1. The van der Waals surface area contributed by atoms with Gasteiger partial charge in [-0.3, -0.25) is 0 Å². The van der Waals surface area contributed by atoms with E-state index in [2.05, 4.69) is 15.0 Å². The number of ether oxygens (including phenoxy) is 1. The molecule has 1 heterocycles. The fourth-order valence-corrected chi connectivity index (χ4v) is 1.19. The number of imidazole rings is 1. The van der Waals surface area contributed by atoms with Crippen LogP contribution in [0, 0.1) is 0 Å². The average molecular weight is 212 g/mol. The summed E-state index contributed by atoms with van der Waals surface area (Å²) in [5.74, 6) is 1.03. The number of nitrogens with zero attached hydrogens (tertiary/aromatic N) is 2. The maximum absolute atomic E-state index is 10.2. The molecule has 6 heteroatoms. The molecule has 1 aromatic rings. The SMILES string of the molecule is Cn1ccnc1CCNCCOC(N)=O. The highest BCUT2D eigenvalue weighted by atomic mass is 16.5. The number of amides is 1. The van der Waals surface area contributed by atoms with E-state index in [1.165, 1.54) is 0 Å². The van der Waals surface area contributed by atoms with Crippen molar-refractivity contribution < 1.29 is 9.53 Å². The Bertz CT molecular complexity index is 311. The highest BCUT2D eigenvalue weighted by Crippen LogP contribution is 1.93. The zero-order valence-corrected chi connectivity index (χ0v) is 8.77. The summed E-state index contributed by atoms with van der Waals surface area (Å²) in [7, 11) is 1.96. The summed E-state index contributed by atoms with van der Waals surface area (Å²) in [6.07, 6.45) is 3.79. The van der Waals surface area contributed by atoms with Crippen LogP contribution in [0.4, 0.5) is 4.79 Å². The van der Waals surface area contributed by atoms with Crippen LogP contribution in [0.2, 0.25) is 0 Å². The van der Waals surface area contributed by atoms with Gasteiger partial charge in [0.25, 0.3) is 0 Å². The second-order valence-electron chi connectivity index (χ2n) is 3.12. The molecule has 6 nitrogen and oxygen atoms in total. The molecule has 1 amide bonds. The van der Waals surface area contributed by atoms with Crippen LogP contribution >= 0.6 is 0 Å². The molecule has 1 rings (SSSR count). The lowest BCUT2D eigenvalue weighted by molar-refractivity contribution is 0.157. The third-order valence-corrected chi connectivity index (χ3v) is 1.97. The maximum Gasteiger partial charge on any atom is 0.404 e. The molecule has 0 aromatic carbocycles. The third-order valence-electron chi connectivity index (χ3n) is 1.97. The summed E-state index contributed by atoms with van der Waals surface area (Å²) >= 11 is 0. The Morgan fingerprint density at radius 1 is 1.67 bits per heavy atom. The van der Waals surface area contributed by atoms with Gasteiger partial charge in [-0.2, -0.15) is 0 Å². The van der Waals surface area contributed by atoms with Crippen molar-refractivity contribution in [1.29, 1.82) is 0 Å². The second kappa shape index (κ2) is 6.02. The van der Waals surface area contributed by atoms with Gasteiger partial charge in [0.05, 0.1) is 0 Å². The highest BCUT2D eigenvalue weighted by molar-refractivity contribution is 5.64. The van der Waals surface area contributed by atoms with Gasteiger partial charge < -0.3 is 20.4 Å². The molecule has 0 spiro atoms. The van der Waals surface area contributed by atoms with Gasteiger partial charge in [-0.1, -0.05) is 0 Å². The first-order valence-electron chi connectivity index (χ1n) is 4.79. The first-order valence-corrected chi connectivity index (χ1v) is 4.79. The predicted molar refractivity (Wildman–Crippen MR) is 55.3 cm³/mol. The second-order valence-corrected chi connectivity index (χ2v) is 3.12. The molecule has 1 aromatic heterocycles. The molecule has 0 saturated carbocycles. The van der Waals surface area contributed by atoms with E-state index >= 15 is 0 Å². The Morgan fingerprint density at radius 3 is 3.07 bits per heavy atom. The Hall–Kier alpha value is -1.56. The van der Waals surface area contributed by atoms with Gasteiger partial charge in [0.15, 0.2) is 0 Å². The minimum atomic E-state index is -0.735. The van der Waals surface area contributed by atoms with Gasteiger partial charge in [-0.25, -0.2) is 9.78 Å². The molecule has 0 radical (unpaired) electrons. The van der Waals surface area contributed by atoms with Crippen molar-refractivity contribution in [2.45, 2.75) is 6.42 Å². The van der Waals surface area contributed by atoms with Crippen molar-refractivity contribution >= 4 is 6.09 Å². The first kappa shape index (κ1) is 11.5. The Morgan fingerprint density at radius 2 is 2.47 bits per heavy atom. The van der Waals surface area contributed by atoms with Crippen LogP contribution in [0.15, 0.2) is 12.4 Å². The van der Waals surface area contributed by atoms with Gasteiger partial charge in [0.1, 0.15) is 12.4 Å². The lowest BCUT2D eigenvalue weighted by Gasteiger charge is -2.04. The molecule has 0 fully saturated rings. The quantitative estimate of drug-likeness (QED) is 0.631. The van der Waals surface area contributed by atoms with E-state index in [1.54, 1.807) is 6.20 Å². The number of hydrogen-bond donors (Lipinski definition) is 2. The molecule has 15 heavy (non-hydrogen) atoms. The van der Waals surface area contributed by atoms with Crippen molar-refractivity contribution in [3.63, 3.8) is 0 Å². The largest absolute Gasteiger partial charge is 0.448 e. The molecule has 0 unspecified atom stereocenters. The van der Waals surface area contributed by atoms with E-state index in [1.807, 2.05) is 17.8 Å². The Kier molecular flexibility index (Phi) is 4.62. The number of hydrogen-bond acceptors (Lipinski definition) is 4. The Labute approximate surface area is 88.4 Å². The predicted octanol–water partition coefficient (Wildman–Crippen LogP) is -0.352.